The van der Waals surface area contributed by atoms with E-state index in [2.05, 4.69) is 61.6 Å². The molecule has 5 heteroatoms. The van der Waals surface area contributed by atoms with Gasteiger partial charge in [-0.1, -0.05) is 19.1 Å². The molecule has 1 heterocycles. The van der Waals surface area contributed by atoms with Gasteiger partial charge in [-0.2, -0.15) is 5.10 Å². The lowest BCUT2D eigenvalue weighted by Gasteiger charge is -2.15. The van der Waals surface area contributed by atoms with Crippen molar-refractivity contribution in [3.63, 3.8) is 0 Å². The van der Waals surface area contributed by atoms with Crippen LogP contribution in [0.1, 0.15) is 44.1 Å². The van der Waals surface area contributed by atoms with E-state index in [-0.39, 0.29) is 6.04 Å². The molecule has 1 atom stereocenters. The molecule has 1 unspecified atom stereocenters. The standard InChI is InChI=1S/C16H24N4S/c1-4-21-15-7-5-13(6-8-15)16(18-17)11-14-9-10-20(19-14)12(2)3/h5-10,12,16,18H,4,11,17H2,1-3H3. The van der Waals surface area contributed by atoms with E-state index >= 15 is 0 Å². The van der Waals surface area contributed by atoms with Gasteiger partial charge in [0.2, 0.25) is 0 Å². The molecule has 2 rings (SSSR count). The average Bonchev–Trinajstić information content (AvgIpc) is 2.95. The average molecular weight is 304 g/mol. The first-order valence-corrected chi connectivity index (χ1v) is 8.35. The van der Waals surface area contributed by atoms with E-state index in [0.717, 1.165) is 17.9 Å². The molecule has 0 amide bonds. The summed E-state index contributed by atoms with van der Waals surface area (Å²) in [5.41, 5.74) is 5.15. The number of benzene rings is 1. The van der Waals surface area contributed by atoms with Crippen molar-refractivity contribution in [2.45, 2.75) is 44.2 Å². The van der Waals surface area contributed by atoms with Gasteiger partial charge in [0.1, 0.15) is 0 Å². The van der Waals surface area contributed by atoms with Gasteiger partial charge in [0.25, 0.3) is 0 Å². The van der Waals surface area contributed by atoms with E-state index < -0.39 is 0 Å². The first-order chi connectivity index (χ1) is 10.1. The van der Waals surface area contributed by atoms with Gasteiger partial charge in [-0.05, 0) is 43.4 Å². The molecule has 1 aromatic heterocycles. The first-order valence-electron chi connectivity index (χ1n) is 7.37. The van der Waals surface area contributed by atoms with E-state index in [1.165, 1.54) is 10.5 Å². The highest BCUT2D eigenvalue weighted by atomic mass is 32.2. The van der Waals surface area contributed by atoms with Gasteiger partial charge in [-0.15, -0.1) is 11.8 Å². The number of nitrogens with one attached hydrogen (secondary N) is 1. The molecule has 0 aliphatic carbocycles. The largest absolute Gasteiger partial charge is 0.271 e. The van der Waals surface area contributed by atoms with Crippen LogP contribution >= 0.6 is 11.8 Å². The van der Waals surface area contributed by atoms with Gasteiger partial charge in [0.15, 0.2) is 0 Å². The normalized spacial score (nSPS) is 12.8. The summed E-state index contributed by atoms with van der Waals surface area (Å²) in [4.78, 5) is 1.29. The monoisotopic (exact) mass is 304 g/mol. The van der Waals surface area contributed by atoms with E-state index in [1.54, 1.807) is 0 Å². The summed E-state index contributed by atoms with van der Waals surface area (Å²) in [5, 5.41) is 4.59. The van der Waals surface area contributed by atoms with Gasteiger partial charge in [0, 0.05) is 23.6 Å². The van der Waals surface area contributed by atoms with Crippen LogP contribution in [0.15, 0.2) is 41.4 Å². The third kappa shape index (κ3) is 4.33. The van der Waals surface area contributed by atoms with E-state index in [0.29, 0.717) is 6.04 Å². The zero-order chi connectivity index (χ0) is 15.2. The maximum Gasteiger partial charge on any atom is 0.0644 e. The van der Waals surface area contributed by atoms with Gasteiger partial charge >= 0.3 is 0 Å². The summed E-state index contributed by atoms with van der Waals surface area (Å²) in [5.74, 6) is 6.81. The van der Waals surface area contributed by atoms with Crippen molar-refractivity contribution in [1.82, 2.24) is 15.2 Å². The Kier molecular flexibility index (Phi) is 5.85. The maximum absolute atomic E-state index is 5.73. The highest BCUT2D eigenvalue weighted by molar-refractivity contribution is 7.99. The van der Waals surface area contributed by atoms with Gasteiger partial charge in [-0.3, -0.25) is 16.0 Å². The maximum atomic E-state index is 5.73. The van der Waals surface area contributed by atoms with Crippen LogP contribution in [0.4, 0.5) is 0 Å². The van der Waals surface area contributed by atoms with Crippen molar-refractivity contribution < 1.29 is 0 Å². The predicted octanol–water partition coefficient (Wildman–Crippen LogP) is 3.32. The summed E-state index contributed by atoms with van der Waals surface area (Å²) in [6.07, 6.45) is 2.81. The van der Waals surface area contributed by atoms with Crippen molar-refractivity contribution in [2.75, 3.05) is 5.75 Å². The fraction of sp³-hybridized carbons (Fsp3) is 0.438. The lowest BCUT2D eigenvalue weighted by molar-refractivity contribution is 0.507. The van der Waals surface area contributed by atoms with E-state index in [1.807, 2.05) is 22.6 Å². The van der Waals surface area contributed by atoms with Crippen molar-refractivity contribution in [3.8, 4) is 0 Å². The topological polar surface area (TPSA) is 55.9 Å². The summed E-state index contributed by atoms with van der Waals surface area (Å²) < 4.78 is 1.98. The second kappa shape index (κ2) is 7.64. The van der Waals surface area contributed by atoms with Crippen molar-refractivity contribution in [3.05, 3.63) is 47.8 Å². The summed E-state index contributed by atoms with van der Waals surface area (Å²) in [6.45, 7) is 6.41. The molecule has 0 spiro atoms. The molecule has 2 aromatic rings. The highest BCUT2D eigenvalue weighted by Gasteiger charge is 2.13. The number of rotatable bonds is 7. The molecule has 21 heavy (non-hydrogen) atoms. The van der Waals surface area contributed by atoms with Crippen molar-refractivity contribution in [2.24, 2.45) is 5.84 Å². The smallest absolute Gasteiger partial charge is 0.0644 e. The molecule has 0 aliphatic rings. The van der Waals surface area contributed by atoms with Crippen molar-refractivity contribution >= 4 is 11.8 Å². The van der Waals surface area contributed by atoms with Crippen LogP contribution in [0.25, 0.3) is 0 Å². The van der Waals surface area contributed by atoms with Gasteiger partial charge in [0.05, 0.1) is 11.7 Å². The molecule has 0 aliphatic heterocycles. The lowest BCUT2D eigenvalue weighted by atomic mass is 10.0. The second-order valence-corrected chi connectivity index (χ2v) is 6.64. The Bertz CT molecular complexity index is 548. The molecule has 0 radical (unpaired) electrons. The molecule has 0 fully saturated rings. The van der Waals surface area contributed by atoms with E-state index in [9.17, 15) is 0 Å². The minimum Gasteiger partial charge on any atom is -0.271 e. The third-order valence-corrected chi connectivity index (χ3v) is 4.29. The number of hydrogen-bond acceptors (Lipinski definition) is 4. The summed E-state index contributed by atoms with van der Waals surface area (Å²) in [7, 11) is 0. The molecule has 1 aromatic carbocycles. The Labute approximate surface area is 131 Å². The van der Waals surface area contributed by atoms with Crippen LogP contribution in [0, 0.1) is 0 Å². The Morgan fingerprint density at radius 2 is 1.95 bits per heavy atom. The minimum absolute atomic E-state index is 0.0844. The second-order valence-electron chi connectivity index (χ2n) is 5.31. The Morgan fingerprint density at radius 1 is 1.24 bits per heavy atom. The van der Waals surface area contributed by atoms with Crippen molar-refractivity contribution in [1.29, 1.82) is 0 Å². The number of nitrogens with zero attached hydrogens (tertiary/aromatic N) is 2. The molecule has 3 N–H and O–H groups in total. The highest BCUT2D eigenvalue weighted by Crippen LogP contribution is 2.22. The molecule has 4 nitrogen and oxygen atoms in total. The third-order valence-electron chi connectivity index (χ3n) is 3.40. The van der Waals surface area contributed by atoms with Crippen LogP contribution in [-0.4, -0.2) is 15.5 Å². The van der Waals surface area contributed by atoms with Crippen LogP contribution in [0.3, 0.4) is 0 Å². The molecule has 0 bridgehead atoms. The molecule has 114 valence electrons. The molecular weight excluding hydrogens is 280 g/mol. The van der Waals surface area contributed by atoms with Crippen LogP contribution < -0.4 is 11.3 Å². The summed E-state index contributed by atoms with van der Waals surface area (Å²) in [6, 6.07) is 11.1. The minimum atomic E-state index is 0.0844. The van der Waals surface area contributed by atoms with E-state index in [4.69, 9.17) is 5.84 Å². The lowest BCUT2D eigenvalue weighted by Crippen LogP contribution is -2.29. The number of hydrazine groups is 1. The fourth-order valence-corrected chi connectivity index (χ4v) is 2.88. The zero-order valence-electron chi connectivity index (χ0n) is 12.9. The van der Waals surface area contributed by atoms with Gasteiger partial charge in [-0.25, -0.2) is 0 Å². The Hall–Kier alpha value is -1.30. The van der Waals surface area contributed by atoms with Crippen LogP contribution in [0.2, 0.25) is 0 Å². The van der Waals surface area contributed by atoms with Crippen LogP contribution in [0.5, 0.6) is 0 Å². The number of hydrogen-bond donors (Lipinski definition) is 2. The Morgan fingerprint density at radius 3 is 2.48 bits per heavy atom. The predicted molar refractivity (Wildman–Crippen MR) is 89.2 cm³/mol. The quantitative estimate of drug-likeness (QED) is 0.468. The van der Waals surface area contributed by atoms with Gasteiger partial charge < -0.3 is 0 Å². The molecular formula is C16H24N4S. The Balaban J connectivity index is 2.07. The SMILES string of the molecule is CCSc1ccc(C(Cc2ccn(C(C)C)n2)NN)cc1. The zero-order valence-corrected chi connectivity index (χ0v) is 13.7. The molecule has 0 saturated heterocycles. The van der Waals surface area contributed by atoms with Crippen LogP contribution in [-0.2, 0) is 6.42 Å². The molecule has 0 saturated carbocycles. The summed E-state index contributed by atoms with van der Waals surface area (Å²) >= 11 is 1.85. The fourth-order valence-electron chi connectivity index (χ4n) is 2.22. The number of nitrogens with two attached hydrogens (primary N) is 1. The number of aromatic nitrogens is 2. The number of thioether (sulfide) groups is 1. The first kappa shape index (κ1) is 16.1.